The molecule has 1 aromatic rings. The molecule has 7 nitrogen and oxygen atoms in total. The van der Waals surface area contributed by atoms with Gasteiger partial charge in [-0.25, -0.2) is 12.8 Å². The largest absolute Gasteiger partial charge is 0.378 e. The molecule has 0 saturated carbocycles. The van der Waals surface area contributed by atoms with Crippen LogP contribution in [-0.2, 0) is 21.3 Å². The van der Waals surface area contributed by atoms with Gasteiger partial charge in [0, 0.05) is 39.8 Å². The van der Waals surface area contributed by atoms with E-state index in [1.165, 1.54) is 10.4 Å². The van der Waals surface area contributed by atoms with Crippen LogP contribution in [0.1, 0.15) is 19.4 Å². The number of sulfonamides is 1. The lowest BCUT2D eigenvalue weighted by Gasteiger charge is -2.35. The molecule has 0 atom stereocenters. The molecule has 0 aromatic heterocycles. The number of hydrogen-bond acceptors (Lipinski definition) is 4. The summed E-state index contributed by atoms with van der Waals surface area (Å²) in [7, 11) is -1.65. The number of rotatable bonds is 7. The maximum atomic E-state index is 13.3. The maximum absolute atomic E-state index is 13.3. The minimum absolute atomic E-state index is 0. The van der Waals surface area contributed by atoms with Crippen LogP contribution in [0.15, 0.2) is 23.2 Å². The van der Waals surface area contributed by atoms with Crippen LogP contribution in [0.2, 0.25) is 5.02 Å². The predicted molar refractivity (Wildman–Crippen MR) is 125 cm³/mol. The fraction of sp³-hybridized carbons (Fsp3) is 0.611. The predicted octanol–water partition coefficient (Wildman–Crippen LogP) is 2.54. The molecule has 1 N–H and O–H groups in total. The second-order valence-electron chi connectivity index (χ2n) is 6.77. The summed E-state index contributed by atoms with van der Waals surface area (Å²) in [5.74, 6) is 0.204. The Bertz CT molecular complexity index is 787. The molecule has 1 fully saturated rings. The van der Waals surface area contributed by atoms with Crippen molar-refractivity contribution in [2.45, 2.75) is 26.5 Å². The lowest BCUT2D eigenvalue weighted by Crippen LogP contribution is -2.54. The third kappa shape index (κ3) is 8.16. The van der Waals surface area contributed by atoms with Crippen LogP contribution >= 0.6 is 35.6 Å². The SMILES string of the molecule is CN=C(NCc1ccc(F)c(Cl)c1)N1CCN(S(=O)(=O)CCOC(C)C)CC1.I. The van der Waals surface area contributed by atoms with Crippen LogP contribution in [-0.4, -0.2) is 75.3 Å². The minimum Gasteiger partial charge on any atom is -0.378 e. The van der Waals surface area contributed by atoms with Crippen molar-refractivity contribution in [2.24, 2.45) is 4.99 Å². The van der Waals surface area contributed by atoms with Crippen LogP contribution in [0, 0.1) is 5.82 Å². The van der Waals surface area contributed by atoms with Gasteiger partial charge in [-0.2, -0.15) is 4.31 Å². The molecule has 1 aromatic carbocycles. The first kappa shape index (κ1) is 26.3. The van der Waals surface area contributed by atoms with Gasteiger partial charge in [-0.15, -0.1) is 24.0 Å². The van der Waals surface area contributed by atoms with E-state index in [0.29, 0.717) is 38.7 Å². The molecule has 2 rings (SSSR count). The van der Waals surface area contributed by atoms with E-state index in [-0.39, 0.29) is 47.5 Å². The molecule has 11 heteroatoms. The molecule has 0 radical (unpaired) electrons. The Hall–Kier alpha value is -0.690. The summed E-state index contributed by atoms with van der Waals surface area (Å²) < 4.78 is 45.0. The fourth-order valence-electron chi connectivity index (χ4n) is 2.86. The zero-order valence-corrected chi connectivity index (χ0v) is 20.8. The number of nitrogens with zero attached hydrogens (tertiary/aromatic N) is 3. The van der Waals surface area contributed by atoms with E-state index in [9.17, 15) is 12.8 Å². The smallest absolute Gasteiger partial charge is 0.216 e. The number of guanidine groups is 1. The van der Waals surface area contributed by atoms with Crippen LogP contribution in [0.5, 0.6) is 0 Å². The Morgan fingerprint density at radius 3 is 2.52 bits per heavy atom. The average Bonchev–Trinajstić information content (AvgIpc) is 2.65. The standard InChI is InChI=1S/C18H28ClFN4O3S.HI/c1-14(2)27-10-11-28(25,26)24-8-6-23(7-9-24)18(21-3)22-13-15-4-5-17(20)16(19)12-15;/h4-5,12,14H,6-11,13H2,1-3H3,(H,21,22);1H. The van der Waals surface area contributed by atoms with Gasteiger partial charge in [0.2, 0.25) is 10.0 Å². The molecule has 1 heterocycles. The van der Waals surface area contributed by atoms with Crippen LogP contribution in [0.4, 0.5) is 4.39 Å². The first-order valence-electron chi connectivity index (χ1n) is 9.22. The number of hydrogen-bond donors (Lipinski definition) is 1. The third-order valence-electron chi connectivity index (χ3n) is 4.37. The van der Waals surface area contributed by atoms with Crippen molar-refractivity contribution in [2.75, 3.05) is 45.6 Å². The summed E-state index contributed by atoms with van der Waals surface area (Å²) in [5, 5.41) is 3.29. The minimum atomic E-state index is -3.33. The van der Waals surface area contributed by atoms with Crippen molar-refractivity contribution in [1.29, 1.82) is 0 Å². The van der Waals surface area contributed by atoms with Crippen molar-refractivity contribution in [1.82, 2.24) is 14.5 Å². The number of benzene rings is 1. The van der Waals surface area contributed by atoms with Crippen molar-refractivity contribution in [3.8, 4) is 0 Å². The Balaban J connectivity index is 0.00000420. The molecular weight excluding hydrogens is 534 g/mol. The zero-order valence-electron chi connectivity index (χ0n) is 16.9. The second-order valence-corrected chi connectivity index (χ2v) is 9.27. The molecule has 0 aliphatic carbocycles. The molecule has 0 spiro atoms. The monoisotopic (exact) mass is 562 g/mol. The Morgan fingerprint density at radius 2 is 1.97 bits per heavy atom. The second kappa shape index (κ2) is 12.2. The van der Waals surface area contributed by atoms with E-state index in [1.807, 2.05) is 18.7 Å². The number of piperazine rings is 1. The summed E-state index contributed by atoms with van der Waals surface area (Å²) in [5.41, 5.74) is 0.832. The van der Waals surface area contributed by atoms with E-state index >= 15 is 0 Å². The Morgan fingerprint density at radius 1 is 1.31 bits per heavy atom. The highest BCUT2D eigenvalue weighted by molar-refractivity contribution is 14.0. The molecule has 166 valence electrons. The lowest BCUT2D eigenvalue weighted by molar-refractivity contribution is 0.0904. The van der Waals surface area contributed by atoms with Crippen LogP contribution in [0.3, 0.4) is 0 Å². The first-order valence-corrected chi connectivity index (χ1v) is 11.2. The van der Waals surface area contributed by atoms with Gasteiger partial charge in [0.05, 0.1) is 23.5 Å². The highest BCUT2D eigenvalue weighted by Crippen LogP contribution is 2.16. The average molecular weight is 563 g/mol. The molecule has 1 aliphatic rings. The van der Waals surface area contributed by atoms with E-state index in [4.69, 9.17) is 16.3 Å². The summed E-state index contributed by atoms with van der Waals surface area (Å²) in [6, 6.07) is 4.56. The summed E-state index contributed by atoms with van der Waals surface area (Å²) in [6.07, 6.45) is 0.0115. The van der Waals surface area contributed by atoms with Crippen LogP contribution < -0.4 is 5.32 Å². The van der Waals surface area contributed by atoms with Gasteiger partial charge < -0.3 is 15.0 Å². The highest BCUT2D eigenvalue weighted by atomic mass is 127. The number of nitrogens with one attached hydrogen (secondary N) is 1. The first-order chi connectivity index (χ1) is 13.2. The zero-order chi connectivity index (χ0) is 20.7. The molecular formula is C18H29ClFIN4O3S. The third-order valence-corrected chi connectivity index (χ3v) is 6.49. The highest BCUT2D eigenvalue weighted by Gasteiger charge is 2.28. The van der Waals surface area contributed by atoms with Crippen molar-refractivity contribution >= 4 is 51.6 Å². The molecule has 0 amide bonds. The number of halogens is 3. The molecule has 0 bridgehead atoms. The Kier molecular flexibility index (Phi) is 11.1. The van der Waals surface area contributed by atoms with Gasteiger partial charge in [0.15, 0.2) is 5.96 Å². The summed E-state index contributed by atoms with van der Waals surface area (Å²) in [4.78, 5) is 6.26. The molecule has 1 saturated heterocycles. The van der Waals surface area contributed by atoms with E-state index < -0.39 is 15.8 Å². The Labute approximate surface area is 194 Å². The van der Waals surface area contributed by atoms with Crippen molar-refractivity contribution < 1.29 is 17.5 Å². The molecule has 0 unspecified atom stereocenters. The maximum Gasteiger partial charge on any atom is 0.216 e. The van der Waals surface area contributed by atoms with Gasteiger partial charge in [-0.05, 0) is 31.5 Å². The van der Waals surface area contributed by atoms with Gasteiger partial charge >= 0.3 is 0 Å². The van der Waals surface area contributed by atoms with Crippen molar-refractivity contribution in [3.63, 3.8) is 0 Å². The normalized spacial score (nSPS) is 16.1. The quantitative estimate of drug-likeness (QED) is 0.314. The van der Waals surface area contributed by atoms with Gasteiger partial charge in [-0.1, -0.05) is 17.7 Å². The topological polar surface area (TPSA) is 74.2 Å². The van der Waals surface area contributed by atoms with Crippen LogP contribution in [0.25, 0.3) is 0 Å². The molecule has 1 aliphatic heterocycles. The summed E-state index contributed by atoms with van der Waals surface area (Å²) >= 11 is 5.81. The number of aliphatic imine (C=N–C) groups is 1. The fourth-order valence-corrected chi connectivity index (χ4v) is 4.35. The lowest BCUT2D eigenvalue weighted by atomic mass is 10.2. The molecule has 29 heavy (non-hydrogen) atoms. The van der Waals surface area contributed by atoms with Gasteiger partial charge in [0.1, 0.15) is 5.82 Å². The van der Waals surface area contributed by atoms with E-state index in [0.717, 1.165) is 5.56 Å². The van der Waals surface area contributed by atoms with Gasteiger partial charge in [0.25, 0.3) is 0 Å². The van der Waals surface area contributed by atoms with E-state index in [2.05, 4.69) is 10.3 Å². The van der Waals surface area contributed by atoms with E-state index in [1.54, 1.807) is 19.2 Å². The van der Waals surface area contributed by atoms with Gasteiger partial charge in [-0.3, -0.25) is 4.99 Å². The summed E-state index contributed by atoms with van der Waals surface area (Å²) in [6.45, 7) is 6.26. The van der Waals surface area contributed by atoms with Crippen molar-refractivity contribution in [3.05, 3.63) is 34.6 Å². The number of ether oxygens (including phenoxy) is 1.